The van der Waals surface area contributed by atoms with Gasteiger partial charge in [-0.2, -0.15) is 0 Å². The van der Waals surface area contributed by atoms with Crippen LogP contribution in [0.3, 0.4) is 0 Å². The lowest BCUT2D eigenvalue weighted by Crippen LogP contribution is -2.27. The highest BCUT2D eigenvalue weighted by Crippen LogP contribution is 2.25. The van der Waals surface area contributed by atoms with Crippen LogP contribution >= 0.6 is 27.3 Å². The molecule has 0 amide bonds. The summed E-state index contributed by atoms with van der Waals surface area (Å²) >= 11 is 4.54. The van der Waals surface area contributed by atoms with Crippen molar-refractivity contribution in [2.24, 2.45) is 0 Å². The van der Waals surface area contributed by atoms with E-state index in [1.165, 1.54) is 11.3 Å². The van der Waals surface area contributed by atoms with Crippen LogP contribution in [0.15, 0.2) is 26.9 Å². The number of nitrogen functional groups attached to an aromatic ring is 1. The standard InChI is InChI=1S/C12H13BrFN3O2S2/c1-7-17-8(6-20-7)2-3-16-21(18,19)12-5-11(15)9(13)4-10(12)14/h4-6,16H,2-3,15H2,1H3. The summed E-state index contributed by atoms with van der Waals surface area (Å²) in [6.07, 6.45) is 0.442. The zero-order chi connectivity index (χ0) is 15.6. The average Bonchev–Trinajstić information content (AvgIpc) is 2.79. The van der Waals surface area contributed by atoms with Crippen molar-refractivity contribution >= 4 is 43.0 Å². The number of hydrogen-bond acceptors (Lipinski definition) is 5. The Bertz CT molecular complexity index is 762. The SMILES string of the molecule is Cc1nc(CCNS(=O)(=O)c2cc(N)c(Br)cc2F)cs1. The number of nitrogens with two attached hydrogens (primary N) is 1. The molecule has 0 aliphatic heterocycles. The van der Waals surface area contributed by atoms with E-state index in [1.54, 1.807) is 0 Å². The molecule has 0 radical (unpaired) electrons. The van der Waals surface area contributed by atoms with Crippen molar-refractivity contribution in [3.8, 4) is 0 Å². The predicted molar refractivity (Wildman–Crippen MR) is 84.3 cm³/mol. The van der Waals surface area contributed by atoms with Crippen LogP contribution in [0.4, 0.5) is 10.1 Å². The van der Waals surface area contributed by atoms with Crippen LogP contribution in [0, 0.1) is 12.7 Å². The van der Waals surface area contributed by atoms with E-state index in [4.69, 9.17) is 5.73 Å². The molecular weight excluding hydrogens is 381 g/mol. The van der Waals surface area contributed by atoms with Crippen molar-refractivity contribution < 1.29 is 12.8 Å². The quantitative estimate of drug-likeness (QED) is 0.763. The number of rotatable bonds is 5. The third-order valence-corrected chi connectivity index (χ3v) is 5.67. The molecule has 2 aromatic rings. The number of aromatic nitrogens is 1. The summed E-state index contributed by atoms with van der Waals surface area (Å²) in [5, 5.41) is 2.78. The summed E-state index contributed by atoms with van der Waals surface area (Å²) in [4.78, 5) is 3.77. The first-order valence-electron chi connectivity index (χ1n) is 5.95. The van der Waals surface area contributed by atoms with E-state index < -0.39 is 20.7 Å². The van der Waals surface area contributed by atoms with Crippen LogP contribution in [-0.2, 0) is 16.4 Å². The van der Waals surface area contributed by atoms with Gasteiger partial charge < -0.3 is 5.73 Å². The topological polar surface area (TPSA) is 85.1 Å². The fourth-order valence-electron chi connectivity index (χ4n) is 1.67. The molecule has 0 spiro atoms. The Morgan fingerprint density at radius 2 is 2.19 bits per heavy atom. The molecule has 1 heterocycles. The Morgan fingerprint density at radius 3 is 2.81 bits per heavy atom. The van der Waals surface area contributed by atoms with Gasteiger partial charge in [-0.1, -0.05) is 0 Å². The van der Waals surface area contributed by atoms with E-state index >= 15 is 0 Å². The Hall–Kier alpha value is -1.03. The van der Waals surface area contributed by atoms with Gasteiger partial charge in [0.15, 0.2) is 0 Å². The molecule has 0 saturated heterocycles. The fraction of sp³-hybridized carbons (Fsp3) is 0.250. The Labute approximate surface area is 134 Å². The molecule has 0 saturated carbocycles. The van der Waals surface area contributed by atoms with Crippen LogP contribution in [0.25, 0.3) is 0 Å². The molecule has 5 nitrogen and oxygen atoms in total. The van der Waals surface area contributed by atoms with Gasteiger partial charge in [-0.15, -0.1) is 11.3 Å². The van der Waals surface area contributed by atoms with E-state index in [-0.39, 0.29) is 12.2 Å². The first-order chi connectivity index (χ1) is 9.79. The average molecular weight is 394 g/mol. The lowest BCUT2D eigenvalue weighted by atomic mass is 10.3. The summed E-state index contributed by atoms with van der Waals surface area (Å²) in [6, 6.07) is 2.13. The van der Waals surface area contributed by atoms with Crippen molar-refractivity contribution in [2.45, 2.75) is 18.2 Å². The summed E-state index contributed by atoms with van der Waals surface area (Å²) in [7, 11) is -3.94. The van der Waals surface area contributed by atoms with E-state index in [9.17, 15) is 12.8 Å². The summed E-state index contributed by atoms with van der Waals surface area (Å²) in [6.45, 7) is 2.01. The maximum Gasteiger partial charge on any atom is 0.243 e. The van der Waals surface area contributed by atoms with E-state index in [2.05, 4.69) is 25.6 Å². The number of nitrogens with zero attached hydrogens (tertiary/aromatic N) is 1. The first kappa shape index (κ1) is 16.3. The number of anilines is 1. The van der Waals surface area contributed by atoms with Crippen LogP contribution < -0.4 is 10.5 Å². The number of halogens is 2. The van der Waals surface area contributed by atoms with E-state index in [1.807, 2.05) is 12.3 Å². The van der Waals surface area contributed by atoms with E-state index in [0.29, 0.717) is 10.9 Å². The van der Waals surface area contributed by atoms with Gasteiger partial charge in [0.25, 0.3) is 0 Å². The van der Waals surface area contributed by atoms with Crippen molar-refractivity contribution in [1.29, 1.82) is 0 Å². The second-order valence-corrected chi connectivity index (χ2v) is 7.96. The highest BCUT2D eigenvalue weighted by atomic mass is 79.9. The highest BCUT2D eigenvalue weighted by Gasteiger charge is 2.20. The van der Waals surface area contributed by atoms with Gasteiger partial charge in [0.1, 0.15) is 10.7 Å². The molecule has 1 aromatic heterocycles. The molecule has 0 atom stereocenters. The molecule has 9 heteroatoms. The second-order valence-electron chi connectivity index (χ2n) is 4.31. The number of sulfonamides is 1. The number of hydrogen-bond donors (Lipinski definition) is 2. The second kappa shape index (κ2) is 6.39. The van der Waals surface area contributed by atoms with Crippen molar-refractivity contribution in [2.75, 3.05) is 12.3 Å². The van der Waals surface area contributed by atoms with Crippen LogP contribution in [-0.4, -0.2) is 19.9 Å². The number of aryl methyl sites for hydroxylation is 1. The third kappa shape index (κ3) is 4.00. The zero-order valence-corrected chi connectivity index (χ0v) is 14.3. The molecule has 1 aromatic carbocycles. The lowest BCUT2D eigenvalue weighted by Gasteiger charge is -2.09. The minimum atomic E-state index is -3.94. The van der Waals surface area contributed by atoms with Crippen LogP contribution in [0.1, 0.15) is 10.7 Å². The van der Waals surface area contributed by atoms with Gasteiger partial charge in [0.05, 0.1) is 10.7 Å². The number of nitrogens with one attached hydrogen (secondary N) is 1. The van der Waals surface area contributed by atoms with Crippen LogP contribution in [0.2, 0.25) is 0 Å². The monoisotopic (exact) mass is 393 g/mol. The minimum absolute atomic E-state index is 0.140. The Kier molecular flexibility index (Phi) is 4.97. The number of benzene rings is 1. The maximum atomic E-state index is 13.8. The summed E-state index contributed by atoms with van der Waals surface area (Å²) in [5.41, 5.74) is 6.56. The predicted octanol–water partition coefficient (Wildman–Crippen LogP) is 2.46. The molecule has 0 bridgehead atoms. The van der Waals surface area contributed by atoms with Crippen LogP contribution in [0.5, 0.6) is 0 Å². The minimum Gasteiger partial charge on any atom is -0.398 e. The van der Waals surface area contributed by atoms with Gasteiger partial charge in [0, 0.05) is 28.5 Å². The van der Waals surface area contributed by atoms with Crippen molar-refractivity contribution in [3.63, 3.8) is 0 Å². The smallest absolute Gasteiger partial charge is 0.243 e. The van der Waals surface area contributed by atoms with Gasteiger partial charge in [-0.3, -0.25) is 0 Å². The molecule has 0 fully saturated rings. The zero-order valence-electron chi connectivity index (χ0n) is 11.1. The molecule has 0 aliphatic rings. The Morgan fingerprint density at radius 1 is 1.48 bits per heavy atom. The summed E-state index contributed by atoms with van der Waals surface area (Å²) in [5.74, 6) is -0.854. The molecule has 21 heavy (non-hydrogen) atoms. The normalized spacial score (nSPS) is 11.8. The lowest BCUT2D eigenvalue weighted by molar-refractivity contribution is 0.557. The maximum absolute atomic E-state index is 13.8. The Balaban J connectivity index is 2.10. The number of thiazole rings is 1. The fourth-order valence-corrected chi connectivity index (χ4v) is 3.75. The molecule has 114 valence electrons. The molecule has 0 unspecified atom stereocenters. The van der Waals surface area contributed by atoms with Gasteiger partial charge in [0.2, 0.25) is 10.0 Å². The van der Waals surface area contributed by atoms with Crippen molar-refractivity contribution in [1.82, 2.24) is 9.71 Å². The molecule has 2 rings (SSSR count). The van der Waals surface area contributed by atoms with Gasteiger partial charge in [-0.25, -0.2) is 22.5 Å². The van der Waals surface area contributed by atoms with Gasteiger partial charge >= 0.3 is 0 Å². The molecule has 0 aliphatic carbocycles. The highest BCUT2D eigenvalue weighted by molar-refractivity contribution is 9.10. The third-order valence-electron chi connectivity index (χ3n) is 2.68. The van der Waals surface area contributed by atoms with E-state index in [0.717, 1.165) is 22.8 Å². The molecular formula is C12H13BrFN3O2S2. The largest absolute Gasteiger partial charge is 0.398 e. The molecule has 3 N–H and O–H groups in total. The van der Waals surface area contributed by atoms with Crippen molar-refractivity contribution in [3.05, 3.63) is 38.5 Å². The first-order valence-corrected chi connectivity index (χ1v) is 9.10. The van der Waals surface area contributed by atoms with Gasteiger partial charge in [-0.05, 0) is 35.0 Å². The summed E-state index contributed by atoms with van der Waals surface area (Å²) < 4.78 is 40.6.